The average Bonchev–Trinajstić information content (AvgIpc) is 3.27. The van der Waals surface area contributed by atoms with Crippen molar-refractivity contribution in [3.05, 3.63) is 0 Å². The van der Waals surface area contributed by atoms with Gasteiger partial charge in [0.15, 0.2) is 0 Å². The van der Waals surface area contributed by atoms with Crippen LogP contribution in [-0.2, 0) is 14.2 Å². The summed E-state index contributed by atoms with van der Waals surface area (Å²) >= 11 is 0. The summed E-state index contributed by atoms with van der Waals surface area (Å²) in [5.41, 5.74) is 17.8. The molecule has 0 aromatic heterocycles. The first-order valence-electron chi connectivity index (χ1n) is 15.9. The first-order chi connectivity index (χ1) is 18.3. The van der Waals surface area contributed by atoms with Crippen LogP contribution < -0.4 is 17.2 Å². The van der Waals surface area contributed by atoms with Crippen molar-refractivity contribution in [2.75, 3.05) is 46.1 Å². The molecular formula is C31H59N3O4. The lowest BCUT2D eigenvalue weighted by Gasteiger charge is -2.64. The normalized spacial score (nSPS) is 43.3. The number of ether oxygens (including phenoxy) is 3. The van der Waals surface area contributed by atoms with Crippen LogP contribution in [0.4, 0.5) is 0 Å². The number of aliphatic hydroxyl groups excluding tert-OH is 1. The molecule has 222 valence electrons. The van der Waals surface area contributed by atoms with Crippen molar-refractivity contribution in [2.45, 2.75) is 103 Å². The Bertz CT molecular complexity index is 727. The summed E-state index contributed by atoms with van der Waals surface area (Å²) in [7, 11) is 0. The fraction of sp³-hybridized carbons (Fsp3) is 1.00. The van der Waals surface area contributed by atoms with E-state index in [0.717, 1.165) is 64.8 Å². The highest BCUT2D eigenvalue weighted by molar-refractivity contribution is 5.15. The average molecular weight is 538 g/mol. The van der Waals surface area contributed by atoms with Crippen molar-refractivity contribution in [3.8, 4) is 0 Å². The van der Waals surface area contributed by atoms with Gasteiger partial charge in [-0.15, -0.1) is 0 Å². The Morgan fingerprint density at radius 1 is 0.816 bits per heavy atom. The Hall–Kier alpha value is -0.280. The van der Waals surface area contributed by atoms with E-state index in [0.29, 0.717) is 55.3 Å². The number of hydrogen-bond donors (Lipinski definition) is 4. The van der Waals surface area contributed by atoms with Crippen LogP contribution in [0.25, 0.3) is 0 Å². The van der Waals surface area contributed by atoms with E-state index in [-0.39, 0.29) is 35.6 Å². The largest absolute Gasteiger partial charge is 0.396 e. The Balaban J connectivity index is 1.64. The summed E-state index contributed by atoms with van der Waals surface area (Å²) in [6.07, 6.45) is 11.7. The second-order valence-corrected chi connectivity index (χ2v) is 13.6. The molecule has 4 aliphatic rings. The molecule has 0 aromatic carbocycles. The predicted octanol–water partition coefficient (Wildman–Crippen LogP) is 3.70. The molecule has 4 saturated carbocycles. The van der Waals surface area contributed by atoms with Gasteiger partial charge >= 0.3 is 0 Å². The Morgan fingerprint density at radius 2 is 1.47 bits per heavy atom. The van der Waals surface area contributed by atoms with E-state index >= 15 is 0 Å². The summed E-state index contributed by atoms with van der Waals surface area (Å²) in [6, 6.07) is 0. The maximum atomic E-state index is 10.2. The minimum absolute atomic E-state index is 0.0547. The van der Waals surface area contributed by atoms with Gasteiger partial charge in [-0.1, -0.05) is 20.8 Å². The monoisotopic (exact) mass is 537 g/mol. The zero-order valence-corrected chi connectivity index (χ0v) is 24.6. The molecule has 0 amide bonds. The van der Waals surface area contributed by atoms with Crippen LogP contribution in [0, 0.1) is 46.3 Å². The Labute approximate surface area is 232 Å². The molecule has 0 aliphatic heterocycles. The van der Waals surface area contributed by atoms with Crippen LogP contribution in [-0.4, -0.2) is 69.5 Å². The van der Waals surface area contributed by atoms with Gasteiger partial charge in [0.2, 0.25) is 0 Å². The van der Waals surface area contributed by atoms with E-state index in [1.807, 2.05) is 0 Å². The van der Waals surface area contributed by atoms with Crippen LogP contribution in [0.15, 0.2) is 0 Å². The molecule has 0 bridgehead atoms. The molecule has 0 spiro atoms. The molecule has 7 heteroatoms. The number of nitrogens with two attached hydrogens (primary N) is 3. The van der Waals surface area contributed by atoms with Gasteiger partial charge in [-0.25, -0.2) is 0 Å². The highest BCUT2D eigenvalue weighted by atomic mass is 16.5. The molecule has 11 atom stereocenters. The van der Waals surface area contributed by atoms with Crippen molar-refractivity contribution in [3.63, 3.8) is 0 Å². The zero-order valence-electron chi connectivity index (χ0n) is 24.6. The molecule has 7 nitrogen and oxygen atoms in total. The number of hydrogen-bond acceptors (Lipinski definition) is 7. The minimum Gasteiger partial charge on any atom is -0.396 e. The smallest absolute Gasteiger partial charge is 0.0637 e. The molecule has 7 N–H and O–H groups in total. The van der Waals surface area contributed by atoms with E-state index in [2.05, 4.69) is 20.8 Å². The van der Waals surface area contributed by atoms with E-state index < -0.39 is 0 Å². The van der Waals surface area contributed by atoms with Gasteiger partial charge in [0, 0.05) is 31.8 Å². The molecule has 0 radical (unpaired) electrons. The lowest BCUT2D eigenvalue weighted by Crippen LogP contribution is -2.63. The Kier molecular flexibility index (Phi) is 11.0. The van der Waals surface area contributed by atoms with E-state index in [1.165, 1.54) is 19.3 Å². The molecule has 38 heavy (non-hydrogen) atoms. The standard InChI is InChI=1S/C31H59N3O4/c1-21(20-35)24-7-8-25-29-26(19-28(31(24,25)3)38-16-6-13-34)30(2)10-9-23(36-14-4-11-32)17-22(30)18-27(29)37-15-5-12-33/h21-29,35H,4-20,32-34H2,1-3H3/t21-,22?,23?,24-,25+,26+,27-,28+,29?,30+,31-/m1/s1. The topological polar surface area (TPSA) is 126 Å². The van der Waals surface area contributed by atoms with Crippen molar-refractivity contribution in [1.82, 2.24) is 0 Å². The molecule has 0 aromatic rings. The predicted molar refractivity (Wildman–Crippen MR) is 152 cm³/mol. The third-order valence-electron chi connectivity index (χ3n) is 11.8. The SMILES string of the molecule is C[C@H](CO)[C@H]1CC[C@H]2C3[C@H](OCCCN)CC4CC(OCCCN)CC[C@]4(C)[C@H]3C[C@H](OCCCN)[C@]12C. The molecule has 4 fully saturated rings. The van der Waals surface area contributed by atoms with Crippen molar-refractivity contribution in [1.29, 1.82) is 0 Å². The van der Waals surface area contributed by atoms with Gasteiger partial charge < -0.3 is 36.5 Å². The van der Waals surface area contributed by atoms with Crippen LogP contribution in [0.2, 0.25) is 0 Å². The second kappa shape index (κ2) is 13.6. The van der Waals surface area contributed by atoms with Gasteiger partial charge in [-0.05, 0) is 125 Å². The summed E-state index contributed by atoms with van der Waals surface area (Å²) in [6.45, 7) is 11.9. The van der Waals surface area contributed by atoms with Gasteiger partial charge in [-0.3, -0.25) is 0 Å². The lowest BCUT2D eigenvalue weighted by molar-refractivity contribution is -0.228. The first-order valence-corrected chi connectivity index (χ1v) is 15.9. The quantitative estimate of drug-likeness (QED) is 0.249. The number of rotatable bonds is 14. The lowest BCUT2D eigenvalue weighted by atomic mass is 9.43. The first kappa shape index (κ1) is 30.7. The van der Waals surface area contributed by atoms with Gasteiger partial charge in [0.05, 0.1) is 18.3 Å². The van der Waals surface area contributed by atoms with Crippen LogP contribution >= 0.6 is 0 Å². The van der Waals surface area contributed by atoms with Gasteiger partial charge in [0.1, 0.15) is 0 Å². The molecular weight excluding hydrogens is 478 g/mol. The third-order valence-corrected chi connectivity index (χ3v) is 11.8. The van der Waals surface area contributed by atoms with Gasteiger partial charge in [-0.2, -0.15) is 0 Å². The summed E-state index contributed by atoms with van der Waals surface area (Å²) in [5, 5.41) is 10.2. The highest BCUT2D eigenvalue weighted by Gasteiger charge is 2.66. The van der Waals surface area contributed by atoms with E-state index in [9.17, 15) is 5.11 Å². The van der Waals surface area contributed by atoms with Gasteiger partial charge in [0.25, 0.3) is 0 Å². The fourth-order valence-electron chi connectivity index (χ4n) is 9.72. The number of fused-ring (bicyclic) bond motifs is 5. The van der Waals surface area contributed by atoms with Crippen LogP contribution in [0.3, 0.4) is 0 Å². The summed E-state index contributed by atoms with van der Waals surface area (Å²) < 4.78 is 19.9. The molecule has 0 heterocycles. The van der Waals surface area contributed by atoms with Crippen LogP contribution in [0.5, 0.6) is 0 Å². The number of aliphatic hydroxyl groups is 1. The van der Waals surface area contributed by atoms with Crippen molar-refractivity contribution < 1.29 is 19.3 Å². The van der Waals surface area contributed by atoms with E-state index in [4.69, 9.17) is 31.4 Å². The molecule has 0 saturated heterocycles. The van der Waals surface area contributed by atoms with Crippen molar-refractivity contribution in [2.24, 2.45) is 63.5 Å². The van der Waals surface area contributed by atoms with E-state index in [1.54, 1.807) is 0 Å². The second-order valence-electron chi connectivity index (χ2n) is 13.6. The maximum absolute atomic E-state index is 10.2. The third kappa shape index (κ3) is 5.86. The Morgan fingerprint density at radius 3 is 2.13 bits per heavy atom. The minimum atomic E-state index is 0.0547. The highest BCUT2D eigenvalue weighted by Crippen LogP contribution is 2.69. The molecule has 3 unspecified atom stereocenters. The maximum Gasteiger partial charge on any atom is 0.0637 e. The summed E-state index contributed by atoms with van der Waals surface area (Å²) in [4.78, 5) is 0. The molecule has 4 rings (SSSR count). The molecule has 4 aliphatic carbocycles. The summed E-state index contributed by atoms with van der Waals surface area (Å²) in [5.74, 6) is 3.04. The fourth-order valence-corrected chi connectivity index (χ4v) is 9.72. The van der Waals surface area contributed by atoms with Crippen LogP contribution in [0.1, 0.15) is 85.0 Å². The van der Waals surface area contributed by atoms with Crippen molar-refractivity contribution >= 4 is 0 Å². The zero-order chi connectivity index (χ0) is 27.3.